The lowest BCUT2D eigenvalue weighted by Gasteiger charge is -2.10. The van der Waals surface area contributed by atoms with Gasteiger partial charge in [0.05, 0.1) is 10.8 Å². The molecule has 4 aromatic rings. The number of halogens is 2. The summed E-state index contributed by atoms with van der Waals surface area (Å²) in [6, 6.07) is 10.3. The average Bonchev–Trinajstić information content (AvgIpc) is 3.31. The van der Waals surface area contributed by atoms with Crippen LogP contribution < -0.4 is 0 Å². The van der Waals surface area contributed by atoms with Crippen molar-refractivity contribution in [2.45, 2.75) is 36.2 Å². The summed E-state index contributed by atoms with van der Waals surface area (Å²) in [6.45, 7) is 1.94. The predicted octanol–water partition coefficient (Wildman–Crippen LogP) is 5.37. The number of nitrogens with zero attached hydrogens (tertiary/aromatic N) is 6. The monoisotopic (exact) mass is 442 g/mol. The molecule has 7 nitrogen and oxygen atoms in total. The topological polar surface area (TPSA) is 82.5 Å². The van der Waals surface area contributed by atoms with Crippen molar-refractivity contribution in [1.82, 2.24) is 29.9 Å². The minimum Gasteiger partial charge on any atom is -0.334 e. The quantitative estimate of drug-likeness (QED) is 0.371. The van der Waals surface area contributed by atoms with Crippen LogP contribution in [-0.2, 0) is 0 Å². The molecule has 1 unspecified atom stereocenters. The van der Waals surface area contributed by atoms with Crippen molar-refractivity contribution in [3.63, 3.8) is 0 Å². The summed E-state index contributed by atoms with van der Waals surface area (Å²) in [7, 11) is 0. The maximum Gasteiger partial charge on any atom is 0.260 e. The van der Waals surface area contributed by atoms with Gasteiger partial charge in [-0.3, -0.25) is 9.55 Å². The highest BCUT2D eigenvalue weighted by Gasteiger charge is 2.32. The molecule has 0 radical (unpaired) electrons. The zero-order chi connectivity index (χ0) is 20.7. The van der Waals surface area contributed by atoms with Gasteiger partial charge in [0, 0.05) is 17.3 Å². The molecule has 0 spiro atoms. The zero-order valence-corrected chi connectivity index (χ0v) is 17.4. The molecule has 0 saturated heterocycles. The number of thioether (sulfide) groups is 1. The number of rotatable bonds is 6. The highest BCUT2D eigenvalue weighted by molar-refractivity contribution is 7.99. The first kappa shape index (κ1) is 19.2. The van der Waals surface area contributed by atoms with Crippen molar-refractivity contribution in [1.29, 1.82) is 0 Å². The van der Waals surface area contributed by atoms with E-state index in [9.17, 15) is 4.39 Å². The Bertz CT molecular complexity index is 1190. The molecule has 0 N–H and O–H groups in total. The van der Waals surface area contributed by atoms with E-state index in [2.05, 4.69) is 29.9 Å². The Labute approximate surface area is 180 Å². The smallest absolute Gasteiger partial charge is 0.260 e. The third-order valence-electron chi connectivity index (χ3n) is 4.72. The second-order valence-corrected chi connectivity index (χ2v) is 8.71. The summed E-state index contributed by atoms with van der Waals surface area (Å²) in [5, 5.41) is 13.8. The van der Waals surface area contributed by atoms with Crippen molar-refractivity contribution in [2.24, 2.45) is 0 Å². The molecule has 0 bridgehead atoms. The Morgan fingerprint density at radius 3 is 2.87 bits per heavy atom. The molecule has 0 aliphatic heterocycles. The molecule has 1 fully saturated rings. The Balaban J connectivity index is 1.41. The van der Waals surface area contributed by atoms with Gasteiger partial charge in [-0.15, -0.1) is 10.2 Å². The lowest BCUT2D eigenvalue weighted by molar-refractivity contribution is 0.420. The third-order valence-corrected chi connectivity index (χ3v) is 6.01. The molecule has 0 amide bonds. The minimum absolute atomic E-state index is 0.0929. The fourth-order valence-electron chi connectivity index (χ4n) is 3.07. The maximum atomic E-state index is 14.1. The molecule has 1 saturated carbocycles. The van der Waals surface area contributed by atoms with Crippen molar-refractivity contribution in [2.75, 3.05) is 0 Å². The Hall–Kier alpha value is -2.78. The van der Waals surface area contributed by atoms with E-state index in [-0.39, 0.29) is 16.7 Å². The van der Waals surface area contributed by atoms with Gasteiger partial charge in [-0.2, -0.15) is 4.98 Å². The summed E-state index contributed by atoms with van der Waals surface area (Å²) in [6.07, 6.45) is 3.91. The van der Waals surface area contributed by atoms with E-state index in [1.54, 1.807) is 6.20 Å². The van der Waals surface area contributed by atoms with Gasteiger partial charge in [-0.05, 0) is 50.1 Å². The Morgan fingerprint density at radius 2 is 2.10 bits per heavy atom. The van der Waals surface area contributed by atoms with Gasteiger partial charge in [-0.25, -0.2) is 4.39 Å². The van der Waals surface area contributed by atoms with Crippen LogP contribution in [0, 0.1) is 5.82 Å². The molecule has 5 rings (SSSR count). The van der Waals surface area contributed by atoms with Crippen molar-refractivity contribution in [3.8, 4) is 23.0 Å². The second kappa shape index (κ2) is 7.81. The van der Waals surface area contributed by atoms with E-state index in [0.717, 1.165) is 29.5 Å². The van der Waals surface area contributed by atoms with Crippen LogP contribution in [0.15, 0.2) is 52.3 Å². The standard InChI is InChI=1S/C20H16ClFN6OS/c1-11(17-24-19(29-27-17)14-10-12(21)5-8-15(14)22)30-20-26-25-18(28(20)13-6-7-13)16-4-2-3-9-23-16/h2-5,8-11,13H,6-7H2,1H3. The predicted molar refractivity (Wildman–Crippen MR) is 110 cm³/mol. The average molecular weight is 443 g/mol. The van der Waals surface area contributed by atoms with Crippen LogP contribution in [0.1, 0.15) is 36.9 Å². The van der Waals surface area contributed by atoms with Gasteiger partial charge in [0.2, 0.25) is 0 Å². The molecule has 1 aliphatic carbocycles. The van der Waals surface area contributed by atoms with Crippen molar-refractivity contribution >= 4 is 23.4 Å². The molecular formula is C20H16ClFN6OS. The third kappa shape index (κ3) is 3.70. The van der Waals surface area contributed by atoms with E-state index in [1.807, 2.05) is 25.1 Å². The van der Waals surface area contributed by atoms with Crippen LogP contribution in [0.4, 0.5) is 4.39 Å². The Morgan fingerprint density at radius 1 is 1.23 bits per heavy atom. The molecular weight excluding hydrogens is 427 g/mol. The normalized spacial score (nSPS) is 14.8. The molecule has 3 aromatic heterocycles. The number of hydrogen-bond donors (Lipinski definition) is 0. The Kier molecular flexibility index (Phi) is 5.00. The molecule has 152 valence electrons. The summed E-state index contributed by atoms with van der Waals surface area (Å²) in [5.41, 5.74) is 0.965. The van der Waals surface area contributed by atoms with Crippen LogP contribution in [0.25, 0.3) is 23.0 Å². The van der Waals surface area contributed by atoms with Gasteiger partial charge in [-0.1, -0.05) is 34.6 Å². The first-order valence-corrected chi connectivity index (χ1v) is 10.7. The largest absolute Gasteiger partial charge is 0.334 e. The molecule has 1 aromatic carbocycles. The van der Waals surface area contributed by atoms with Crippen LogP contribution >= 0.6 is 23.4 Å². The molecule has 30 heavy (non-hydrogen) atoms. The summed E-state index contributed by atoms with van der Waals surface area (Å²) in [4.78, 5) is 8.77. The van der Waals surface area contributed by atoms with Crippen LogP contribution in [-0.4, -0.2) is 29.9 Å². The second-order valence-electron chi connectivity index (χ2n) is 6.96. The van der Waals surface area contributed by atoms with Gasteiger partial charge in [0.25, 0.3) is 5.89 Å². The highest BCUT2D eigenvalue weighted by Crippen LogP contribution is 2.43. The van der Waals surface area contributed by atoms with Gasteiger partial charge >= 0.3 is 0 Å². The molecule has 1 atom stereocenters. The number of pyridine rings is 1. The van der Waals surface area contributed by atoms with E-state index < -0.39 is 5.82 Å². The summed E-state index contributed by atoms with van der Waals surface area (Å²) >= 11 is 7.45. The number of aromatic nitrogens is 6. The maximum absolute atomic E-state index is 14.1. The van der Waals surface area contributed by atoms with Crippen LogP contribution in [0.5, 0.6) is 0 Å². The summed E-state index contributed by atoms with van der Waals surface area (Å²) < 4.78 is 21.5. The molecule has 3 heterocycles. The fourth-order valence-corrected chi connectivity index (χ4v) is 4.20. The minimum atomic E-state index is -0.469. The van der Waals surface area contributed by atoms with E-state index in [0.29, 0.717) is 16.9 Å². The first-order valence-electron chi connectivity index (χ1n) is 9.42. The number of hydrogen-bond acceptors (Lipinski definition) is 7. The lowest BCUT2D eigenvalue weighted by Crippen LogP contribution is -2.02. The zero-order valence-electron chi connectivity index (χ0n) is 15.9. The van der Waals surface area contributed by atoms with Crippen LogP contribution in [0.3, 0.4) is 0 Å². The number of benzene rings is 1. The van der Waals surface area contributed by atoms with E-state index in [4.69, 9.17) is 16.1 Å². The molecule has 10 heteroatoms. The lowest BCUT2D eigenvalue weighted by atomic mass is 10.2. The van der Waals surface area contributed by atoms with Crippen molar-refractivity contribution in [3.05, 3.63) is 59.3 Å². The molecule has 1 aliphatic rings. The fraction of sp³-hybridized carbons (Fsp3) is 0.250. The first-order chi connectivity index (χ1) is 14.6. The van der Waals surface area contributed by atoms with Gasteiger partial charge in [0.15, 0.2) is 16.8 Å². The van der Waals surface area contributed by atoms with Crippen molar-refractivity contribution < 1.29 is 8.91 Å². The highest BCUT2D eigenvalue weighted by atomic mass is 35.5. The summed E-state index contributed by atoms with van der Waals surface area (Å²) in [5.74, 6) is 0.820. The van der Waals surface area contributed by atoms with E-state index in [1.165, 1.54) is 30.0 Å². The van der Waals surface area contributed by atoms with Gasteiger partial charge < -0.3 is 4.52 Å². The SMILES string of the molecule is CC(Sc1nnc(-c2ccccn2)n1C1CC1)c1noc(-c2cc(Cl)ccc2F)n1. The van der Waals surface area contributed by atoms with Crippen LogP contribution in [0.2, 0.25) is 5.02 Å². The van der Waals surface area contributed by atoms with E-state index >= 15 is 0 Å². The van der Waals surface area contributed by atoms with Gasteiger partial charge in [0.1, 0.15) is 11.5 Å².